The van der Waals surface area contributed by atoms with Crippen molar-refractivity contribution in [3.8, 4) is 0 Å². The predicted molar refractivity (Wildman–Crippen MR) is 70.3 cm³/mol. The summed E-state index contributed by atoms with van der Waals surface area (Å²) in [5, 5.41) is 14.5. The SMILES string of the molecule is CC(O)c1ccc(CNC(=O)C2CC(F)(F)CN2)cc1. The zero-order valence-electron chi connectivity index (χ0n) is 11.2. The van der Waals surface area contributed by atoms with Crippen LogP contribution in [0.4, 0.5) is 8.78 Å². The quantitative estimate of drug-likeness (QED) is 0.782. The van der Waals surface area contributed by atoms with Gasteiger partial charge in [0.2, 0.25) is 5.91 Å². The minimum atomic E-state index is -2.80. The molecule has 0 aliphatic carbocycles. The van der Waals surface area contributed by atoms with Gasteiger partial charge in [-0.3, -0.25) is 10.1 Å². The summed E-state index contributed by atoms with van der Waals surface area (Å²) >= 11 is 0. The van der Waals surface area contributed by atoms with E-state index in [4.69, 9.17) is 0 Å². The zero-order chi connectivity index (χ0) is 14.8. The van der Waals surface area contributed by atoms with Gasteiger partial charge < -0.3 is 10.4 Å². The fraction of sp³-hybridized carbons (Fsp3) is 0.500. The number of aliphatic hydroxyl groups excluding tert-OH is 1. The van der Waals surface area contributed by atoms with Crippen molar-refractivity contribution in [2.45, 2.75) is 38.0 Å². The van der Waals surface area contributed by atoms with Crippen molar-refractivity contribution in [2.75, 3.05) is 6.54 Å². The second kappa shape index (κ2) is 5.85. The van der Waals surface area contributed by atoms with E-state index in [1.807, 2.05) is 0 Å². The van der Waals surface area contributed by atoms with Gasteiger partial charge in [0.1, 0.15) is 0 Å². The van der Waals surface area contributed by atoms with E-state index in [1.165, 1.54) is 0 Å². The van der Waals surface area contributed by atoms with Crippen LogP contribution in [0.1, 0.15) is 30.6 Å². The molecule has 0 saturated carbocycles. The standard InChI is InChI=1S/C14H18F2N2O2/c1-9(19)11-4-2-10(3-5-11)7-17-13(20)12-6-14(15,16)8-18-12/h2-5,9,12,18-19H,6-8H2,1H3,(H,17,20). The van der Waals surface area contributed by atoms with Crippen LogP contribution < -0.4 is 10.6 Å². The molecule has 1 heterocycles. The molecule has 1 aliphatic heterocycles. The number of carbonyl (C=O) groups excluding carboxylic acids is 1. The van der Waals surface area contributed by atoms with E-state index in [-0.39, 0.29) is 6.54 Å². The maximum absolute atomic E-state index is 13.0. The third-order valence-electron chi connectivity index (χ3n) is 3.36. The van der Waals surface area contributed by atoms with Crippen LogP contribution in [0.15, 0.2) is 24.3 Å². The van der Waals surface area contributed by atoms with Crippen molar-refractivity contribution in [1.29, 1.82) is 0 Å². The summed E-state index contributed by atoms with van der Waals surface area (Å²) in [6.45, 7) is 1.50. The lowest BCUT2D eigenvalue weighted by Gasteiger charge is -2.12. The van der Waals surface area contributed by atoms with Gasteiger partial charge in [-0.25, -0.2) is 8.78 Å². The molecule has 1 aliphatic rings. The minimum Gasteiger partial charge on any atom is -0.389 e. The van der Waals surface area contributed by atoms with Crippen LogP contribution in [-0.4, -0.2) is 29.5 Å². The van der Waals surface area contributed by atoms with Crippen molar-refractivity contribution in [2.24, 2.45) is 0 Å². The number of nitrogens with one attached hydrogen (secondary N) is 2. The first-order valence-corrected chi connectivity index (χ1v) is 6.53. The number of rotatable bonds is 4. The van der Waals surface area contributed by atoms with E-state index in [0.29, 0.717) is 0 Å². The molecule has 0 aromatic heterocycles. The Morgan fingerprint density at radius 2 is 2.15 bits per heavy atom. The van der Waals surface area contributed by atoms with Gasteiger partial charge in [0.25, 0.3) is 5.92 Å². The Kier molecular flexibility index (Phi) is 4.35. The molecule has 6 heteroatoms. The first kappa shape index (κ1) is 14.9. The van der Waals surface area contributed by atoms with Crippen LogP contribution in [-0.2, 0) is 11.3 Å². The summed E-state index contributed by atoms with van der Waals surface area (Å²) in [5.41, 5.74) is 1.64. The highest BCUT2D eigenvalue weighted by molar-refractivity contribution is 5.82. The van der Waals surface area contributed by atoms with Crippen LogP contribution in [0.5, 0.6) is 0 Å². The van der Waals surface area contributed by atoms with Crippen molar-refractivity contribution < 1.29 is 18.7 Å². The third-order valence-corrected chi connectivity index (χ3v) is 3.36. The molecule has 110 valence electrons. The Morgan fingerprint density at radius 1 is 1.50 bits per heavy atom. The second-order valence-electron chi connectivity index (χ2n) is 5.13. The van der Waals surface area contributed by atoms with E-state index >= 15 is 0 Å². The summed E-state index contributed by atoms with van der Waals surface area (Å²) < 4.78 is 25.9. The molecule has 20 heavy (non-hydrogen) atoms. The molecule has 2 unspecified atom stereocenters. The maximum Gasteiger partial charge on any atom is 0.262 e. The van der Waals surface area contributed by atoms with Gasteiger partial charge in [-0.05, 0) is 18.1 Å². The number of halogens is 2. The van der Waals surface area contributed by atoms with Crippen molar-refractivity contribution in [3.63, 3.8) is 0 Å². The molecule has 3 N–H and O–H groups in total. The van der Waals surface area contributed by atoms with Crippen molar-refractivity contribution in [1.82, 2.24) is 10.6 Å². The fourth-order valence-corrected chi connectivity index (χ4v) is 2.13. The van der Waals surface area contributed by atoms with E-state index in [1.54, 1.807) is 31.2 Å². The number of aliphatic hydroxyl groups is 1. The second-order valence-corrected chi connectivity index (χ2v) is 5.13. The molecule has 0 bridgehead atoms. The van der Waals surface area contributed by atoms with E-state index < -0.39 is 36.9 Å². The predicted octanol–water partition coefficient (Wildman–Crippen LogP) is 1.35. The smallest absolute Gasteiger partial charge is 0.262 e. The molecule has 0 spiro atoms. The van der Waals surface area contributed by atoms with Gasteiger partial charge in [-0.2, -0.15) is 0 Å². The molecule has 1 amide bonds. The average molecular weight is 284 g/mol. The number of alkyl halides is 2. The number of benzene rings is 1. The number of hydrogen-bond donors (Lipinski definition) is 3. The highest BCUT2D eigenvalue weighted by atomic mass is 19.3. The average Bonchev–Trinajstić information content (AvgIpc) is 2.77. The van der Waals surface area contributed by atoms with Crippen LogP contribution in [0.25, 0.3) is 0 Å². The van der Waals surface area contributed by atoms with Crippen molar-refractivity contribution in [3.05, 3.63) is 35.4 Å². The molecule has 2 atom stereocenters. The molecular weight excluding hydrogens is 266 g/mol. The Labute approximate surface area is 116 Å². The van der Waals surface area contributed by atoms with Crippen LogP contribution >= 0.6 is 0 Å². The Hall–Kier alpha value is -1.53. The first-order chi connectivity index (χ1) is 9.37. The van der Waals surface area contributed by atoms with Gasteiger partial charge >= 0.3 is 0 Å². The van der Waals surface area contributed by atoms with E-state index in [2.05, 4.69) is 10.6 Å². The van der Waals surface area contributed by atoms with Gasteiger partial charge in [0.15, 0.2) is 0 Å². The lowest BCUT2D eigenvalue weighted by atomic mass is 10.1. The first-order valence-electron chi connectivity index (χ1n) is 6.53. The molecular formula is C14H18F2N2O2. The highest BCUT2D eigenvalue weighted by Gasteiger charge is 2.42. The molecule has 1 fully saturated rings. The summed E-state index contributed by atoms with van der Waals surface area (Å²) in [6.07, 6.45) is -0.997. The van der Waals surface area contributed by atoms with Gasteiger partial charge in [-0.1, -0.05) is 24.3 Å². The minimum absolute atomic E-state index is 0.280. The van der Waals surface area contributed by atoms with Crippen molar-refractivity contribution >= 4 is 5.91 Å². The lowest BCUT2D eigenvalue weighted by molar-refractivity contribution is -0.123. The fourth-order valence-electron chi connectivity index (χ4n) is 2.13. The molecule has 0 radical (unpaired) electrons. The molecule has 1 saturated heterocycles. The van der Waals surface area contributed by atoms with Crippen LogP contribution in [0.2, 0.25) is 0 Å². The summed E-state index contributed by atoms with van der Waals surface area (Å²) in [7, 11) is 0. The summed E-state index contributed by atoms with van der Waals surface area (Å²) in [4.78, 5) is 11.7. The van der Waals surface area contributed by atoms with E-state index in [9.17, 15) is 18.7 Å². The Bertz CT molecular complexity index is 475. The largest absolute Gasteiger partial charge is 0.389 e. The number of amides is 1. The molecule has 1 aromatic rings. The summed E-state index contributed by atoms with van der Waals surface area (Å²) in [6, 6.07) is 6.29. The number of carbonyl (C=O) groups is 1. The third kappa shape index (κ3) is 3.74. The Morgan fingerprint density at radius 3 is 2.65 bits per heavy atom. The maximum atomic E-state index is 13.0. The van der Waals surface area contributed by atoms with Gasteiger partial charge in [-0.15, -0.1) is 0 Å². The van der Waals surface area contributed by atoms with Crippen LogP contribution in [0.3, 0.4) is 0 Å². The van der Waals surface area contributed by atoms with Gasteiger partial charge in [0.05, 0.1) is 18.7 Å². The van der Waals surface area contributed by atoms with Crippen LogP contribution in [0, 0.1) is 0 Å². The topological polar surface area (TPSA) is 61.4 Å². The molecule has 4 nitrogen and oxygen atoms in total. The summed E-state index contributed by atoms with van der Waals surface area (Å²) in [5.74, 6) is -3.22. The highest BCUT2D eigenvalue weighted by Crippen LogP contribution is 2.25. The number of hydrogen-bond acceptors (Lipinski definition) is 3. The molecule has 1 aromatic carbocycles. The lowest BCUT2D eigenvalue weighted by Crippen LogP contribution is -2.40. The zero-order valence-corrected chi connectivity index (χ0v) is 11.2. The Balaban J connectivity index is 1.84. The monoisotopic (exact) mass is 284 g/mol. The van der Waals surface area contributed by atoms with Gasteiger partial charge in [0, 0.05) is 13.0 Å². The normalized spacial score (nSPS) is 22.5. The molecule has 2 rings (SSSR count). The van der Waals surface area contributed by atoms with E-state index in [0.717, 1.165) is 11.1 Å².